The molecule has 1 aromatic carbocycles. The average molecular weight is 385 g/mol. The molecule has 0 atom stereocenters. The first-order valence-corrected chi connectivity index (χ1v) is 9.46. The number of ether oxygens (including phenoxy) is 2. The summed E-state index contributed by atoms with van der Waals surface area (Å²) in [6.45, 7) is 4.48. The molecule has 0 amide bonds. The number of fused-ring (bicyclic) bond motifs is 4. The van der Waals surface area contributed by atoms with Crippen LogP contribution in [-0.4, -0.2) is 66.0 Å². The van der Waals surface area contributed by atoms with E-state index in [1.807, 2.05) is 18.3 Å². The highest BCUT2D eigenvalue weighted by molar-refractivity contribution is 5.78. The second-order valence-corrected chi connectivity index (χ2v) is 6.78. The van der Waals surface area contributed by atoms with Gasteiger partial charge in [0.1, 0.15) is 24.0 Å². The van der Waals surface area contributed by atoms with Crippen LogP contribution in [0.2, 0.25) is 0 Å². The van der Waals surface area contributed by atoms with E-state index in [2.05, 4.69) is 20.3 Å². The van der Waals surface area contributed by atoms with Crippen molar-refractivity contribution in [1.82, 2.24) is 19.5 Å². The molecule has 0 spiro atoms. The number of nitrogens with one attached hydrogen (secondary N) is 1. The third kappa shape index (κ3) is 4.23. The SMILES string of the molecule is COCCCN1CCNc2ccn3ncc(c3n2)-c2cc(F)cc(c2)OCC1. The lowest BCUT2D eigenvalue weighted by Crippen LogP contribution is -2.34. The fraction of sp³-hybridized carbons (Fsp3) is 0.400. The molecule has 8 heteroatoms. The standard InChI is InChI=1S/C20H24FN5O2/c1-27-9-2-5-25-7-4-22-19-3-6-26-20(24-19)18(14-23-26)15-11-16(21)13-17(12-15)28-10-8-25/h3,6,11-14H,2,4-5,7-10H2,1H3,(H,22,24). The van der Waals surface area contributed by atoms with Crippen LogP contribution >= 0.6 is 0 Å². The van der Waals surface area contributed by atoms with Gasteiger partial charge in [-0.05, 0) is 30.2 Å². The molecule has 1 aliphatic rings. The Morgan fingerprint density at radius 1 is 1.29 bits per heavy atom. The highest BCUT2D eigenvalue weighted by Crippen LogP contribution is 2.28. The van der Waals surface area contributed by atoms with Crippen LogP contribution in [-0.2, 0) is 4.74 Å². The van der Waals surface area contributed by atoms with Crippen molar-refractivity contribution in [1.29, 1.82) is 0 Å². The normalized spacial score (nSPS) is 15.2. The third-order valence-electron chi connectivity index (χ3n) is 4.78. The summed E-state index contributed by atoms with van der Waals surface area (Å²) >= 11 is 0. The van der Waals surface area contributed by atoms with E-state index in [4.69, 9.17) is 9.47 Å². The van der Waals surface area contributed by atoms with Crippen LogP contribution in [0.3, 0.4) is 0 Å². The third-order valence-corrected chi connectivity index (χ3v) is 4.78. The lowest BCUT2D eigenvalue weighted by molar-refractivity contribution is 0.162. The Labute approximate surface area is 163 Å². The van der Waals surface area contributed by atoms with Gasteiger partial charge in [0.2, 0.25) is 0 Å². The van der Waals surface area contributed by atoms with Gasteiger partial charge in [0.05, 0.1) is 6.20 Å². The fourth-order valence-electron chi connectivity index (χ4n) is 3.38. The van der Waals surface area contributed by atoms with E-state index in [0.717, 1.165) is 50.6 Å². The molecule has 0 unspecified atom stereocenters. The largest absolute Gasteiger partial charge is 0.492 e. The first-order chi connectivity index (χ1) is 13.7. The van der Waals surface area contributed by atoms with Crippen molar-refractivity contribution in [2.24, 2.45) is 0 Å². The zero-order valence-electron chi connectivity index (χ0n) is 15.9. The van der Waals surface area contributed by atoms with E-state index in [0.29, 0.717) is 23.6 Å². The van der Waals surface area contributed by atoms with Crippen molar-refractivity contribution in [2.45, 2.75) is 6.42 Å². The van der Waals surface area contributed by atoms with Crippen LogP contribution < -0.4 is 10.1 Å². The molecule has 3 aromatic rings. The molecular weight excluding hydrogens is 361 g/mol. The summed E-state index contributed by atoms with van der Waals surface area (Å²) in [7, 11) is 1.71. The Hall–Kier alpha value is -2.71. The smallest absolute Gasteiger partial charge is 0.165 e. The molecule has 0 fully saturated rings. The number of hydrogen-bond donors (Lipinski definition) is 1. The van der Waals surface area contributed by atoms with Gasteiger partial charge in [0, 0.05) is 57.7 Å². The van der Waals surface area contributed by atoms with E-state index in [9.17, 15) is 4.39 Å². The number of anilines is 1. The Morgan fingerprint density at radius 3 is 3.11 bits per heavy atom. The van der Waals surface area contributed by atoms with Crippen molar-refractivity contribution in [2.75, 3.05) is 51.8 Å². The lowest BCUT2D eigenvalue weighted by Gasteiger charge is -2.23. The minimum Gasteiger partial charge on any atom is -0.492 e. The predicted octanol–water partition coefficient (Wildman–Crippen LogP) is 2.68. The van der Waals surface area contributed by atoms with Crippen LogP contribution in [0.5, 0.6) is 5.75 Å². The average Bonchev–Trinajstić information content (AvgIpc) is 3.10. The van der Waals surface area contributed by atoms with Gasteiger partial charge in [0.15, 0.2) is 5.65 Å². The summed E-state index contributed by atoms with van der Waals surface area (Å²) in [4.78, 5) is 6.98. The highest BCUT2D eigenvalue weighted by atomic mass is 19.1. The maximum atomic E-state index is 14.2. The fourth-order valence-corrected chi connectivity index (χ4v) is 3.38. The minimum absolute atomic E-state index is 0.342. The van der Waals surface area contributed by atoms with Crippen molar-refractivity contribution < 1.29 is 13.9 Å². The summed E-state index contributed by atoms with van der Waals surface area (Å²) in [6.07, 6.45) is 4.51. The number of halogens is 1. The van der Waals surface area contributed by atoms with Crippen LogP contribution in [0.25, 0.3) is 16.8 Å². The summed E-state index contributed by atoms with van der Waals surface area (Å²) in [5.74, 6) is 0.943. The van der Waals surface area contributed by atoms with Crippen LogP contribution in [0.4, 0.5) is 10.2 Å². The van der Waals surface area contributed by atoms with E-state index >= 15 is 0 Å². The van der Waals surface area contributed by atoms with Gasteiger partial charge in [-0.1, -0.05) is 0 Å². The van der Waals surface area contributed by atoms with Crippen LogP contribution in [0.1, 0.15) is 6.42 Å². The summed E-state index contributed by atoms with van der Waals surface area (Å²) in [5, 5.41) is 7.70. The number of hydrogen-bond acceptors (Lipinski definition) is 6. The van der Waals surface area contributed by atoms with Crippen molar-refractivity contribution in [3.63, 3.8) is 0 Å². The summed E-state index contributed by atoms with van der Waals surface area (Å²) in [5.41, 5.74) is 2.14. The van der Waals surface area contributed by atoms with Gasteiger partial charge in [-0.3, -0.25) is 4.90 Å². The molecule has 0 saturated carbocycles. The summed E-state index contributed by atoms with van der Waals surface area (Å²) in [6, 6.07) is 6.62. The number of rotatable bonds is 4. The number of methoxy groups -OCH3 is 1. The number of benzene rings is 1. The Bertz CT molecular complexity index is 945. The molecule has 2 aromatic heterocycles. The minimum atomic E-state index is -0.342. The van der Waals surface area contributed by atoms with Gasteiger partial charge < -0.3 is 14.8 Å². The van der Waals surface area contributed by atoms with Gasteiger partial charge in [0.25, 0.3) is 0 Å². The molecule has 7 nitrogen and oxygen atoms in total. The van der Waals surface area contributed by atoms with Crippen LogP contribution in [0, 0.1) is 5.82 Å². The molecule has 1 N–H and O–H groups in total. The van der Waals surface area contributed by atoms with E-state index in [1.54, 1.807) is 17.8 Å². The lowest BCUT2D eigenvalue weighted by atomic mass is 10.1. The van der Waals surface area contributed by atoms with Gasteiger partial charge in [-0.2, -0.15) is 5.10 Å². The van der Waals surface area contributed by atoms with Gasteiger partial charge >= 0.3 is 0 Å². The molecule has 0 radical (unpaired) electrons. The van der Waals surface area contributed by atoms with E-state index in [-0.39, 0.29) is 5.82 Å². The first kappa shape index (κ1) is 18.6. The topological polar surface area (TPSA) is 63.9 Å². The highest BCUT2D eigenvalue weighted by Gasteiger charge is 2.13. The molecule has 0 saturated heterocycles. The van der Waals surface area contributed by atoms with Crippen molar-refractivity contribution in [3.8, 4) is 16.9 Å². The molecule has 4 bridgehead atoms. The molecule has 148 valence electrons. The van der Waals surface area contributed by atoms with Crippen molar-refractivity contribution in [3.05, 3.63) is 42.5 Å². The second kappa shape index (κ2) is 8.53. The van der Waals surface area contributed by atoms with Gasteiger partial charge in [-0.25, -0.2) is 13.9 Å². The Morgan fingerprint density at radius 2 is 2.21 bits per heavy atom. The molecule has 4 rings (SSSR count). The van der Waals surface area contributed by atoms with E-state index in [1.165, 1.54) is 12.1 Å². The predicted molar refractivity (Wildman–Crippen MR) is 105 cm³/mol. The zero-order chi connectivity index (χ0) is 19.3. The molecule has 1 aliphatic heterocycles. The Kier molecular flexibility index (Phi) is 5.68. The zero-order valence-corrected chi connectivity index (χ0v) is 15.9. The quantitative estimate of drug-likeness (QED) is 0.697. The van der Waals surface area contributed by atoms with Gasteiger partial charge in [-0.15, -0.1) is 0 Å². The van der Waals surface area contributed by atoms with Crippen LogP contribution in [0.15, 0.2) is 36.7 Å². The molecule has 28 heavy (non-hydrogen) atoms. The van der Waals surface area contributed by atoms with E-state index < -0.39 is 0 Å². The number of aromatic nitrogens is 3. The molecule has 0 aliphatic carbocycles. The molecular formula is C20H24FN5O2. The maximum Gasteiger partial charge on any atom is 0.165 e. The maximum absolute atomic E-state index is 14.2. The number of nitrogens with zero attached hydrogens (tertiary/aromatic N) is 4. The Balaban J connectivity index is 1.66. The molecule has 3 heterocycles. The first-order valence-electron chi connectivity index (χ1n) is 9.46. The second-order valence-electron chi connectivity index (χ2n) is 6.78. The van der Waals surface area contributed by atoms with Crippen molar-refractivity contribution >= 4 is 11.5 Å². The summed E-state index contributed by atoms with van der Waals surface area (Å²) < 4.78 is 26.9. The monoisotopic (exact) mass is 385 g/mol.